The van der Waals surface area contributed by atoms with Crippen LogP contribution in [0.3, 0.4) is 0 Å². The van der Waals surface area contributed by atoms with Crippen molar-refractivity contribution in [2.75, 3.05) is 57.4 Å². The van der Waals surface area contributed by atoms with Crippen LogP contribution in [0.2, 0.25) is 0 Å². The first-order valence-electron chi connectivity index (χ1n) is 8.54. The predicted molar refractivity (Wildman–Crippen MR) is 89.6 cm³/mol. The quantitative estimate of drug-likeness (QED) is 0.914. The molecule has 6 heteroatoms. The van der Waals surface area contributed by atoms with E-state index in [4.69, 9.17) is 4.74 Å². The summed E-state index contributed by atoms with van der Waals surface area (Å²) in [6.45, 7) is 9.64. The Kier molecular flexibility index (Phi) is 4.35. The van der Waals surface area contributed by atoms with Crippen LogP contribution in [-0.4, -0.2) is 62.4 Å². The van der Waals surface area contributed by atoms with Gasteiger partial charge in [0.1, 0.15) is 0 Å². The Bertz CT molecular complexity index is 494. The molecule has 3 aliphatic rings. The van der Waals surface area contributed by atoms with E-state index in [1.807, 2.05) is 11.3 Å². The van der Waals surface area contributed by atoms with Gasteiger partial charge in [-0.15, -0.1) is 11.3 Å². The van der Waals surface area contributed by atoms with E-state index in [0.717, 1.165) is 32.8 Å². The number of rotatable bonds is 3. The van der Waals surface area contributed by atoms with Gasteiger partial charge < -0.3 is 15.0 Å². The number of thiazole rings is 1. The molecule has 3 saturated heterocycles. The molecule has 3 aliphatic heterocycles. The van der Waals surface area contributed by atoms with Gasteiger partial charge >= 0.3 is 0 Å². The van der Waals surface area contributed by atoms with Crippen LogP contribution in [0.25, 0.3) is 0 Å². The highest BCUT2D eigenvalue weighted by Gasteiger charge is 2.38. The first kappa shape index (κ1) is 14.9. The zero-order valence-corrected chi connectivity index (χ0v) is 14.0. The zero-order chi connectivity index (χ0) is 14.8. The molecule has 1 N–H and O–H groups in total. The van der Waals surface area contributed by atoms with Gasteiger partial charge in [0.2, 0.25) is 0 Å². The number of aromatic nitrogens is 1. The van der Waals surface area contributed by atoms with Crippen LogP contribution in [0.5, 0.6) is 0 Å². The summed E-state index contributed by atoms with van der Waals surface area (Å²) in [4.78, 5) is 11.0. The van der Waals surface area contributed by atoms with Crippen molar-refractivity contribution in [1.82, 2.24) is 15.2 Å². The van der Waals surface area contributed by atoms with Crippen molar-refractivity contribution in [3.8, 4) is 0 Å². The number of piperidine rings is 1. The number of hydrogen-bond acceptors (Lipinski definition) is 6. The highest BCUT2D eigenvalue weighted by molar-refractivity contribution is 7.15. The summed E-state index contributed by atoms with van der Waals surface area (Å²) in [7, 11) is 0. The predicted octanol–water partition coefficient (Wildman–Crippen LogP) is 1.56. The maximum atomic E-state index is 5.42. The van der Waals surface area contributed by atoms with Crippen molar-refractivity contribution < 1.29 is 4.74 Å². The van der Waals surface area contributed by atoms with E-state index in [1.165, 1.54) is 55.5 Å². The van der Waals surface area contributed by atoms with E-state index in [2.05, 4.69) is 26.3 Å². The largest absolute Gasteiger partial charge is 0.378 e. The van der Waals surface area contributed by atoms with Crippen LogP contribution in [0.15, 0.2) is 6.20 Å². The number of nitrogens with one attached hydrogen (secondary N) is 1. The van der Waals surface area contributed by atoms with Gasteiger partial charge in [0.15, 0.2) is 5.13 Å². The highest BCUT2D eigenvalue weighted by atomic mass is 32.1. The number of anilines is 1. The van der Waals surface area contributed by atoms with Crippen molar-refractivity contribution in [1.29, 1.82) is 0 Å². The Morgan fingerprint density at radius 3 is 2.82 bits per heavy atom. The van der Waals surface area contributed by atoms with E-state index in [1.54, 1.807) is 0 Å². The van der Waals surface area contributed by atoms with Gasteiger partial charge in [-0.2, -0.15) is 0 Å². The smallest absolute Gasteiger partial charge is 0.185 e. The van der Waals surface area contributed by atoms with Crippen LogP contribution >= 0.6 is 11.3 Å². The average Bonchev–Trinajstić information content (AvgIpc) is 3.17. The van der Waals surface area contributed by atoms with Crippen molar-refractivity contribution in [2.45, 2.75) is 25.8 Å². The third-order valence-corrected chi connectivity index (χ3v) is 6.43. The first-order chi connectivity index (χ1) is 10.8. The summed E-state index contributed by atoms with van der Waals surface area (Å²) in [6.07, 6.45) is 6.17. The Morgan fingerprint density at radius 1 is 1.18 bits per heavy atom. The molecule has 5 nitrogen and oxygen atoms in total. The maximum Gasteiger partial charge on any atom is 0.185 e. The van der Waals surface area contributed by atoms with Gasteiger partial charge in [-0.3, -0.25) is 4.90 Å². The molecule has 0 atom stereocenters. The molecule has 0 saturated carbocycles. The average molecular weight is 322 g/mol. The Morgan fingerprint density at radius 2 is 2.00 bits per heavy atom. The summed E-state index contributed by atoms with van der Waals surface area (Å²) in [5.74, 6) is 0. The van der Waals surface area contributed by atoms with Crippen molar-refractivity contribution >= 4 is 16.5 Å². The number of hydrogen-bond donors (Lipinski definition) is 1. The lowest BCUT2D eigenvalue weighted by atomic mass is 9.78. The summed E-state index contributed by atoms with van der Waals surface area (Å²) in [5.41, 5.74) is 0.600. The molecule has 122 valence electrons. The van der Waals surface area contributed by atoms with Crippen LogP contribution in [0.1, 0.15) is 24.1 Å². The number of ether oxygens (including phenoxy) is 1. The molecule has 1 aromatic heterocycles. The highest BCUT2D eigenvalue weighted by Crippen LogP contribution is 2.39. The third kappa shape index (κ3) is 3.15. The Balaban J connectivity index is 1.35. The summed E-state index contributed by atoms with van der Waals surface area (Å²) in [6, 6.07) is 0. The second kappa shape index (κ2) is 6.43. The van der Waals surface area contributed by atoms with Crippen LogP contribution in [0, 0.1) is 5.41 Å². The molecular weight excluding hydrogens is 296 g/mol. The Labute approximate surface area is 136 Å². The standard InChI is InChI=1S/C16H26N4OS/c1-4-17-5-2-16(1)3-6-19(13-16)12-14-11-18-15(22-14)20-7-9-21-10-8-20/h11,17H,1-10,12-13H2. The number of nitrogens with zero attached hydrogens (tertiary/aromatic N) is 3. The fraction of sp³-hybridized carbons (Fsp3) is 0.812. The summed E-state index contributed by atoms with van der Waals surface area (Å²) >= 11 is 1.87. The van der Waals surface area contributed by atoms with E-state index < -0.39 is 0 Å². The van der Waals surface area contributed by atoms with E-state index in [9.17, 15) is 0 Å². The second-order valence-electron chi connectivity index (χ2n) is 6.92. The third-order valence-electron chi connectivity index (χ3n) is 5.38. The minimum atomic E-state index is 0.600. The number of likely N-dealkylation sites (tertiary alicyclic amines) is 1. The molecule has 0 aliphatic carbocycles. The molecule has 0 aromatic carbocycles. The van der Waals surface area contributed by atoms with Gasteiger partial charge in [-0.1, -0.05) is 0 Å². The fourth-order valence-electron chi connectivity index (χ4n) is 4.02. The molecule has 1 spiro atoms. The molecule has 1 aromatic rings. The maximum absolute atomic E-state index is 5.42. The minimum Gasteiger partial charge on any atom is -0.378 e. The molecule has 22 heavy (non-hydrogen) atoms. The molecule has 3 fully saturated rings. The Hall–Kier alpha value is -0.690. The normalized spacial score (nSPS) is 25.9. The molecule has 4 rings (SSSR count). The fourth-order valence-corrected chi connectivity index (χ4v) is 5.02. The van der Waals surface area contributed by atoms with Crippen molar-refractivity contribution in [2.24, 2.45) is 5.41 Å². The lowest BCUT2D eigenvalue weighted by Gasteiger charge is -2.33. The van der Waals surface area contributed by atoms with Gasteiger partial charge in [-0.05, 0) is 44.3 Å². The topological polar surface area (TPSA) is 40.6 Å². The summed E-state index contributed by atoms with van der Waals surface area (Å²) < 4.78 is 5.42. The van der Waals surface area contributed by atoms with Crippen molar-refractivity contribution in [3.63, 3.8) is 0 Å². The first-order valence-corrected chi connectivity index (χ1v) is 9.35. The molecule has 0 radical (unpaired) electrons. The molecule has 0 unspecified atom stereocenters. The molecule has 0 amide bonds. The van der Waals surface area contributed by atoms with Crippen LogP contribution < -0.4 is 10.2 Å². The molecule has 0 bridgehead atoms. The van der Waals surface area contributed by atoms with Gasteiger partial charge in [0, 0.05) is 37.3 Å². The van der Waals surface area contributed by atoms with Crippen LogP contribution in [-0.2, 0) is 11.3 Å². The van der Waals surface area contributed by atoms with E-state index >= 15 is 0 Å². The monoisotopic (exact) mass is 322 g/mol. The zero-order valence-electron chi connectivity index (χ0n) is 13.2. The lowest BCUT2D eigenvalue weighted by Crippen LogP contribution is -2.38. The van der Waals surface area contributed by atoms with Gasteiger partial charge in [0.25, 0.3) is 0 Å². The SMILES string of the molecule is c1nc(N2CCOCC2)sc1CN1CCC2(CCNCC2)C1. The second-order valence-corrected chi connectivity index (χ2v) is 8.01. The minimum absolute atomic E-state index is 0.600. The van der Waals surface area contributed by atoms with Crippen LogP contribution in [0.4, 0.5) is 5.13 Å². The lowest BCUT2D eigenvalue weighted by molar-refractivity contribution is 0.122. The van der Waals surface area contributed by atoms with Gasteiger partial charge in [-0.25, -0.2) is 4.98 Å². The van der Waals surface area contributed by atoms with Crippen molar-refractivity contribution in [3.05, 3.63) is 11.1 Å². The molecular formula is C16H26N4OS. The summed E-state index contributed by atoms with van der Waals surface area (Å²) in [5, 5.41) is 4.67. The molecule has 4 heterocycles. The van der Waals surface area contributed by atoms with Gasteiger partial charge in [0.05, 0.1) is 13.2 Å². The van der Waals surface area contributed by atoms with E-state index in [0.29, 0.717) is 5.41 Å². The number of morpholine rings is 1. The van der Waals surface area contributed by atoms with E-state index in [-0.39, 0.29) is 0 Å².